The zero-order chi connectivity index (χ0) is 11.4. The average molecular weight is 213 g/mol. The van der Waals surface area contributed by atoms with Crippen molar-refractivity contribution in [2.45, 2.75) is 52.2 Å². The first-order chi connectivity index (χ1) is 7.08. The molecular formula is C13H27NO. The van der Waals surface area contributed by atoms with Crippen LogP contribution in [0.4, 0.5) is 0 Å². The van der Waals surface area contributed by atoms with Gasteiger partial charge in [0.15, 0.2) is 0 Å². The van der Waals surface area contributed by atoms with Crippen LogP contribution in [0.3, 0.4) is 0 Å². The number of hydrogen-bond donors (Lipinski definition) is 0. The summed E-state index contributed by atoms with van der Waals surface area (Å²) in [4.78, 5) is 2.50. The number of rotatable bonds is 5. The van der Waals surface area contributed by atoms with E-state index in [-0.39, 0.29) is 0 Å². The SMILES string of the molecule is CCC(C)N(C)CC1CC(OC)CC1C. The Kier molecular flexibility index (Phi) is 5.07. The number of ether oxygens (including phenoxy) is 1. The van der Waals surface area contributed by atoms with Crippen LogP contribution in [0.2, 0.25) is 0 Å². The summed E-state index contributed by atoms with van der Waals surface area (Å²) < 4.78 is 5.46. The molecule has 1 aliphatic carbocycles. The molecule has 0 amide bonds. The Morgan fingerprint density at radius 3 is 2.53 bits per heavy atom. The Labute approximate surface area is 95.0 Å². The van der Waals surface area contributed by atoms with Gasteiger partial charge in [-0.3, -0.25) is 0 Å². The third-order valence-electron chi connectivity index (χ3n) is 4.20. The van der Waals surface area contributed by atoms with Crippen molar-refractivity contribution < 1.29 is 4.74 Å². The standard InChI is InChI=1S/C13H27NO/c1-6-11(3)14(4)9-12-8-13(15-5)7-10(12)2/h10-13H,6-9H2,1-5H3. The van der Waals surface area contributed by atoms with Crippen molar-refractivity contribution in [1.29, 1.82) is 0 Å². The molecule has 90 valence electrons. The Bertz CT molecular complexity index is 183. The fraction of sp³-hybridized carbons (Fsp3) is 1.00. The molecule has 0 bridgehead atoms. The van der Waals surface area contributed by atoms with Gasteiger partial charge in [-0.2, -0.15) is 0 Å². The molecule has 0 aromatic heterocycles. The Morgan fingerprint density at radius 2 is 2.07 bits per heavy atom. The molecular weight excluding hydrogens is 186 g/mol. The third kappa shape index (κ3) is 3.46. The molecule has 0 heterocycles. The molecule has 0 saturated heterocycles. The average Bonchev–Trinajstić information content (AvgIpc) is 2.58. The minimum Gasteiger partial charge on any atom is -0.381 e. The van der Waals surface area contributed by atoms with Crippen LogP contribution in [0.15, 0.2) is 0 Å². The molecule has 0 radical (unpaired) electrons. The summed E-state index contributed by atoms with van der Waals surface area (Å²) in [6.45, 7) is 8.18. The molecule has 0 aromatic carbocycles. The van der Waals surface area contributed by atoms with Gasteiger partial charge in [0, 0.05) is 19.7 Å². The van der Waals surface area contributed by atoms with Gasteiger partial charge in [-0.25, -0.2) is 0 Å². The second-order valence-electron chi connectivity index (χ2n) is 5.26. The zero-order valence-corrected chi connectivity index (χ0v) is 11.0. The van der Waals surface area contributed by atoms with Crippen LogP contribution in [0.25, 0.3) is 0 Å². The van der Waals surface area contributed by atoms with Gasteiger partial charge in [-0.05, 0) is 45.1 Å². The Balaban J connectivity index is 2.38. The maximum atomic E-state index is 5.46. The van der Waals surface area contributed by atoms with Crippen molar-refractivity contribution in [3.05, 3.63) is 0 Å². The molecule has 1 rings (SSSR count). The second kappa shape index (κ2) is 5.86. The predicted octanol–water partition coefficient (Wildman–Crippen LogP) is 2.78. The van der Waals surface area contributed by atoms with E-state index < -0.39 is 0 Å². The highest BCUT2D eigenvalue weighted by Crippen LogP contribution is 2.33. The molecule has 4 atom stereocenters. The fourth-order valence-corrected chi connectivity index (χ4v) is 2.58. The van der Waals surface area contributed by atoms with Gasteiger partial charge in [0.1, 0.15) is 0 Å². The number of methoxy groups -OCH3 is 1. The van der Waals surface area contributed by atoms with Gasteiger partial charge in [0.25, 0.3) is 0 Å². The summed E-state index contributed by atoms with van der Waals surface area (Å²) in [6, 6.07) is 0.707. The van der Waals surface area contributed by atoms with Crippen molar-refractivity contribution in [2.24, 2.45) is 11.8 Å². The molecule has 0 aliphatic heterocycles. The molecule has 0 spiro atoms. The van der Waals surface area contributed by atoms with Crippen molar-refractivity contribution in [3.8, 4) is 0 Å². The first-order valence-electron chi connectivity index (χ1n) is 6.31. The van der Waals surface area contributed by atoms with E-state index in [0.717, 1.165) is 11.8 Å². The highest BCUT2D eigenvalue weighted by atomic mass is 16.5. The van der Waals surface area contributed by atoms with Crippen LogP contribution in [0, 0.1) is 11.8 Å². The summed E-state index contributed by atoms with van der Waals surface area (Å²) in [6.07, 6.45) is 4.24. The summed E-state index contributed by atoms with van der Waals surface area (Å²) in [7, 11) is 4.10. The monoisotopic (exact) mass is 213 g/mol. The summed E-state index contributed by atoms with van der Waals surface area (Å²) in [5.41, 5.74) is 0. The maximum absolute atomic E-state index is 5.46. The first kappa shape index (κ1) is 13.0. The summed E-state index contributed by atoms with van der Waals surface area (Å²) >= 11 is 0. The van der Waals surface area contributed by atoms with Gasteiger partial charge in [0.2, 0.25) is 0 Å². The molecule has 1 saturated carbocycles. The lowest BCUT2D eigenvalue weighted by molar-refractivity contribution is 0.101. The van der Waals surface area contributed by atoms with E-state index in [1.165, 1.54) is 25.8 Å². The lowest BCUT2D eigenvalue weighted by Gasteiger charge is -2.28. The van der Waals surface area contributed by atoms with Gasteiger partial charge >= 0.3 is 0 Å². The quantitative estimate of drug-likeness (QED) is 0.696. The fourth-order valence-electron chi connectivity index (χ4n) is 2.58. The highest BCUT2D eigenvalue weighted by Gasteiger charge is 2.32. The predicted molar refractivity (Wildman–Crippen MR) is 65.1 cm³/mol. The van der Waals surface area contributed by atoms with E-state index in [9.17, 15) is 0 Å². The van der Waals surface area contributed by atoms with Crippen LogP contribution in [0.5, 0.6) is 0 Å². The highest BCUT2D eigenvalue weighted by molar-refractivity contribution is 4.83. The number of nitrogens with zero attached hydrogens (tertiary/aromatic N) is 1. The van der Waals surface area contributed by atoms with E-state index in [4.69, 9.17) is 4.74 Å². The van der Waals surface area contributed by atoms with Crippen molar-refractivity contribution in [2.75, 3.05) is 20.7 Å². The molecule has 0 aromatic rings. The molecule has 2 nitrogen and oxygen atoms in total. The summed E-state index contributed by atoms with van der Waals surface area (Å²) in [5.74, 6) is 1.65. The second-order valence-corrected chi connectivity index (χ2v) is 5.26. The van der Waals surface area contributed by atoms with Crippen molar-refractivity contribution in [3.63, 3.8) is 0 Å². The maximum Gasteiger partial charge on any atom is 0.0577 e. The smallest absolute Gasteiger partial charge is 0.0577 e. The van der Waals surface area contributed by atoms with E-state index in [1.54, 1.807) is 0 Å². The van der Waals surface area contributed by atoms with E-state index in [0.29, 0.717) is 12.1 Å². The van der Waals surface area contributed by atoms with Crippen LogP contribution in [-0.4, -0.2) is 37.7 Å². The van der Waals surface area contributed by atoms with E-state index in [2.05, 4.69) is 32.7 Å². The lowest BCUT2D eigenvalue weighted by Crippen LogP contribution is -2.34. The minimum absolute atomic E-state index is 0.510. The zero-order valence-electron chi connectivity index (χ0n) is 11.0. The van der Waals surface area contributed by atoms with Crippen molar-refractivity contribution in [1.82, 2.24) is 4.90 Å². The van der Waals surface area contributed by atoms with Crippen LogP contribution in [-0.2, 0) is 4.74 Å². The Hall–Kier alpha value is -0.0800. The first-order valence-corrected chi connectivity index (χ1v) is 6.31. The van der Waals surface area contributed by atoms with Crippen LogP contribution >= 0.6 is 0 Å². The molecule has 1 fully saturated rings. The minimum atomic E-state index is 0.510. The summed E-state index contributed by atoms with van der Waals surface area (Å²) in [5, 5.41) is 0. The van der Waals surface area contributed by atoms with Crippen LogP contribution in [0.1, 0.15) is 40.0 Å². The third-order valence-corrected chi connectivity index (χ3v) is 4.20. The van der Waals surface area contributed by atoms with Gasteiger partial charge in [-0.15, -0.1) is 0 Å². The lowest BCUT2D eigenvalue weighted by atomic mass is 9.97. The van der Waals surface area contributed by atoms with Crippen molar-refractivity contribution >= 4 is 0 Å². The molecule has 1 aliphatic rings. The number of hydrogen-bond acceptors (Lipinski definition) is 2. The van der Waals surface area contributed by atoms with Crippen LogP contribution < -0.4 is 0 Å². The largest absolute Gasteiger partial charge is 0.381 e. The van der Waals surface area contributed by atoms with Gasteiger partial charge in [-0.1, -0.05) is 13.8 Å². The molecule has 2 heteroatoms. The molecule has 0 N–H and O–H groups in total. The van der Waals surface area contributed by atoms with Gasteiger partial charge in [0.05, 0.1) is 6.10 Å². The van der Waals surface area contributed by atoms with E-state index >= 15 is 0 Å². The Morgan fingerprint density at radius 1 is 1.40 bits per heavy atom. The normalized spacial score (nSPS) is 33.6. The molecule has 15 heavy (non-hydrogen) atoms. The van der Waals surface area contributed by atoms with E-state index in [1.807, 2.05) is 7.11 Å². The molecule has 4 unspecified atom stereocenters. The topological polar surface area (TPSA) is 12.5 Å². The van der Waals surface area contributed by atoms with Gasteiger partial charge < -0.3 is 9.64 Å².